The molecule has 0 fully saturated rings. The third-order valence-electron chi connectivity index (χ3n) is 3.24. The summed E-state index contributed by atoms with van der Waals surface area (Å²) in [6.07, 6.45) is 3.59. The maximum atomic E-state index is 6.31. The van der Waals surface area contributed by atoms with Crippen LogP contribution in [0.2, 0.25) is 5.02 Å². The fourth-order valence-electron chi connectivity index (χ4n) is 2.18. The van der Waals surface area contributed by atoms with Gasteiger partial charge < -0.3 is 11.1 Å². The molecular formula is C16H15ClN4. The molecule has 0 aliphatic rings. The Labute approximate surface area is 128 Å². The van der Waals surface area contributed by atoms with Gasteiger partial charge in [-0.25, -0.2) is 4.68 Å². The fourth-order valence-corrected chi connectivity index (χ4v) is 2.44. The number of aromatic nitrogens is 2. The fraction of sp³-hybridized carbons (Fsp3) is 0.0625. The first-order valence-corrected chi connectivity index (χ1v) is 6.99. The Bertz CT molecular complexity index is 738. The van der Waals surface area contributed by atoms with Gasteiger partial charge in [-0.3, -0.25) is 0 Å². The molecule has 1 aromatic heterocycles. The molecule has 3 rings (SSSR count). The van der Waals surface area contributed by atoms with E-state index in [1.54, 1.807) is 10.9 Å². The summed E-state index contributed by atoms with van der Waals surface area (Å²) in [6.45, 7) is 0.626. The molecule has 106 valence electrons. The van der Waals surface area contributed by atoms with Crippen molar-refractivity contribution in [2.75, 3.05) is 11.1 Å². The van der Waals surface area contributed by atoms with Gasteiger partial charge in [0.2, 0.25) is 0 Å². The van der Waals surface area contributed by atoms with E-state index in [1.807, 2.05) is 54.7 Å². The van der Waals surface area contributed by atoms with E-state index >= 15 is 0 Å². The molecule has 0 radical (unpaired) electrons. The summed E-state index contributed by atoms with van der Waals surface area (Å²) < 4.78 is 1.75. The van der Waals surface area contributed by atoms with Gasteiger partial charge in [-0.2, -0.15) is 5.10 Å². The Kier molecular flexibility index (Phi) is 3.79. The van der Waals surface area contributed by atoms with Crippen molar-refractivity contribution < 1.29 is 0 Å². The summed E-state index contributed by atoms with van der Waals surface area (Å²) in [5.74, 6) is 0. The number of para-hydroxylation sites is 2. The summed E-state index contributed by atoms with van der Waals surface area (Å²) in [5, 5.41) is 8.27. The van der Waals surface area contributed by atoms with E-state index in [0.717, 1.165) is 22.6 Å². The number of halogens is 1. The molecule has 2 aromatic carbocycles. The molecule has 5 heteroatoms. The van der Waals surface area contributed by atoms with Crippen LogP contribution in [0.5, 0.6) is 0 Å². The van der Waals surface area contributed by atoms with Crippen LogP contribution in [0.4, 0.5) is 11.4 Å². The van der Waals surface area contributed by atoms with Gasteiger partial charge >= 0.3 is 0 Å². The van der Waals surface area contributed by atoms with Crippen LogP contribution in [-0.4, -0.2) is 9.78 Å². The lowest BCUT2D eigenvalue weighted by Crippen LogP contribution is -2.07. The first kappa shape index (κ1) is 13.5. The molecular weight excluding hydrogens is 284 g/mol. The molecule has 0 bridgehead atoms. The van der Waals surface area contributed by atoms with Crippen molar-refractivity contribution in [1.82, 2.24) is 9.78 Å². The molecule has 1 heterocycles. The zero-order chi connectivity index (χ0) is 14.7. The number of nitrogens with two attached hydrogens (primary N) is 1. The highest BCUT2D eigenvalue weighted by molar-refractivity contribution is 6.33. The average molecular weight is 299 g/mol. The van der Waals surface area contributed by atoms with Crippen LogP contribution in [0, 0.1) is 0 Å². The number of nitrogen functional groups attached to an aromatic ring is 1. The van der Waals surface area contributed by atoms with Gasteiger partial charge in [0, 0.05) is 24.6 Å². The van der Waals surface area contributed by atoms with Crippen LogP contribution in [0.15, 0.2) is 60.9 Å². The van der Waals surface area contributed by atoms with E-state index in [9.17, 15) is 0 Å². The van der Waals surface area contributed by atoms with E-state index in [1.165, 1.54) is 0 Å². The monoisotopic (exact) mass is 298 g/mol. The highest BCUT2D eigenvalue weighted by Crippen LogP contribution is 2.28. The Morgan fingerprint density at radius 3 is 2.71 bits per heavy atom. The number of nitrogens with zero attached hydrogens (tertiary/aromatic N) is 2. The zero-order valence-electron chi connectivity index (χ0n) is 11.3. The molecule has 0 unspecified atom stereocenters. The number of rotatable bonds is 4. The highest BCUT2D eigenvalue weighted by atomic mass is 35.5. The van der Waals surface area contributed by atoms with Crippen molar-refractivity contribution in [3.63, 3.8) is 0 Å². The van der Waals surface area contributed by atoms with E-state index in [-0.39, 0.29) is 0 Å². The maximum absolute atomic E-state index is 6.31. The van der Waals surface area contributed by atoms with Gasteiger partial charge in [-0.05, 0) is 29.8 Å². The minimum absolute atomic E-state index is 0.626. The molecule has 0 amide bonds. The Morgan fingerprint density at radius 1 is 1.10 bits per heavy atom. The highest BCUT2D eigenvalue weighted by Gasteiger charge is 2.09. The van der Waals surface area contributed by atoms with E-state index in [0.29, 0.717) is 11.6 Å². The summed E-state index contributed by atoms with van der Waals surface area (Å²) in [5.41, 5.74) is 9.52. The van der Waals surface area contributed by atoms with Gasteiger partial charge in [-0.15, -0.1) is 0 Å². The summed E-state index contributed by atoms with van der Waals surface area (Å²) in [4.78, 5) is 0. The molecule has 0 atom stereocenters. The van der Waals surface area contributed by atoms with Crippen molar-refractivity contribution in [3.8, 4) is 5.69 Å². The van der Waals surface area contributed by atoms with Crippen molar-refractivity contribution in [2.45, 2.75) is 6.54 Å². The first-order chi connectivity index (χ1) is 10.3. The predicted molar refractivity (Wildman–Crippen MR) is 86.8 cm³/mol. The number of benzene rings is 2. The second-order valence-corrected chi connectivity index (χ2v) is 5.05. The van der Waals surface area contributed by atoms with E-state index in [4.69, 9.17) is 17.3 Å². The molecule has 0 aliphatic carbocycles. The third-order valence-corrected chi connectivity index (χ3v) is 3.55. The van der Waals surface area contributed by atoms with Gasteiger partial charge in [-0.1, -0.05) is 35.9 Å². The Morgan fingerprint density at radius 2 is 1.95 bits per heavy atom. The summed E-state index contributed by atoms with van der Waals surface area (Å²) in [7, 11) is 0. The molecule has 0 spiro atoms. The van der Waals surface area contributed by atoms with Crippen LogP contribution >= 0.6 is 11.6 Å². The lowest BCUT2D eigenvalue weighted by molar-refractivity contribution is 0.879. The van der Waals surface area contributed by atoms with Crippen LogP contribution in [-0.2, 0) is 6.54 Å². The van der Waals surface area contributed by atoms with Crippen LogP contribution in [0.3, 0.4) is 0 Å². The lowest BCUT2D eigenvalue weighted by atomic mass is 10.1. The smallest absolute Gasteiger partial charge is 0.106 e. The van der Waals surface area contributed by atoms with E-state index in [2.05, 4.69) is 10.4 Å². The number of nitrogens with one attached hydrogen (secondary N) is 1. The first-order valence-electron chi connectivity index (χ1n) is 6.61. The molecule has 0 aliphatic heterocycles. The van der Waals surface area contributed by atoms with Gasteiger partial charge in [0.1, 0.15) is 5.69 Å². The molecule has 4 nitrogen and oxygen atoms in total. The van der Waals surface area contributed by atoms with Gasteiger partial charge in [0.25, 0.3) is 0 Å². The number of anilines is 2. The minimum atomic E-state index is 0.626. The largest absolute Gasteiger partial charge is 0.398 e. The van der Waals surface area contributed by atoms with Gasteiger partial charge in [0.15, 0.2) is 0 Å². The van der Waals surface area contributed by atoms with Crippen molar-refractivity contribution in [1.29, 1.82) is 0 Å². The summed E-state index contributed by atoms with van der Waals surface area (Å²) in [6, 6.07) is 15.4. The van der Waals surface area contributed by atoms with Gasteiger partial charge in [0.05, 0.1) is 10.7 Å². The molecule has 0 saturated carbocycles. The SMILES string of the molecule is Nc1ccccc1CNc1cccc(Cl)c1-n1cccn1. The van der Waals surface area contributed by atoms with E-state index < -0.39 is 0 Å². The average Bonchev–Trinajstić information content (AvgIpc) is 3.00. The maximum Gasteiger partial charge on any atom is 0.106 e. The van der Waals surface area contributed by atoms with Crippen LogP contribution in [0.1, 0.15) is 5.56 Å². The number of hydrogen-bond acceptors (Lipinski definition) is 3. The predicted octanol–water partition coefficient (Wildman–Crippen LogP) is 3.72. The normalized spacial score (nSPS) is 10.5. The molecule has 0 saturated heterocycles. The molecule has 3 N–H and O–H groups in total. The topological polar surface area (TPSA) is 55.9 Å². The second-order valence-electron chi connectivity index (χ2n) is 4.64. The number of hydrogen-bond donors (Lipinski definition) is 2. The van der Waals surface area contributed by atoms with Crippen molar-refractivity contribution in [3.05, 3.63) is 71.5 Å². The van der Waals surface area contributed by atoms with Crippen molar-refractivity contribution in [2.24, 2.45) is 0 Å². The zero-order valence-corrected chi connectivity index (χ0v) is 12.1. The van der Waals surface area contributed by atoms with Crippen molar-refractivity contribution >= 4 is 23.0 Å². The standard InChI is InChI=1S/C16H15ClN4/c17-13-6-3-8-15(16(13)21-10-4-9-20-21)19-11-12-5-1-2-7-14(12)18/h1-10,19H,11,18H2. The Hall–Kier alpha value is -2.46. The molecule has 3 aromatic rings. The molecule has 21 heavy (non-hydrogen) atoms. The minimum Gasteiger partial charge on any atom is -0.398 e. The summed E-state index contributed by atoms with van der Waals surface area (Å²) >= 11 is 6.31. The second kappa shape index (κ2) is 5.89. The quantitative estimate of drug-likeness (QED) is 0.722. The van der Waals surface area contributed by atoms with Crippen LogP contribution in [0.25, 0.3) is 5.69 Å². The third kappa shape index (κ3) is 2.85. The van der Waals surface area contributed by atoms with Crippen LogP contribution < -0.4 is 11.1 Å². The Balaban J connectivity index is 1.90. The lowest BCUT2D eigenvalue weighted by Gasteiger charge is -2.14.